The highest BCUT2D eigenvalue weighted by Gasteiger charge is 2.47. The molecule has 1 N–H and O–H groups in total. The smallest absolute Gasteiger partial charge is 0.208 e. The van der Waals surface area contributed by atoms with Gasteiger partial charge in [-0.3, -0.25) is 0 Å². The van der Waals surface area contributed by atoms with Crippen molar-refractivity contribution in [3.05, 3.63) is 29.3 Å². The Morgan fingerprint density at radius 1 is 1.50 bits per heavy atom. The fourth-order valence-corrected chi connectivity index (χ4v) is 3.98. The van der Waals surface area contributed by atoms with Crippen molar-refractivity contribution in [1.29, 1.82) is 5.26 Å². The minimum atomic E-state index is -0.704. The van der Waals surface area contributed by atoms with Gasteiger partial charge in [-0.2, -0.15) is 5.26 Å². The molecule has 0 spiro atoms. The van der Waals surface area contributed by atoms with E-state index in [1.807, 2.05) is 50.1 Å². The topological polar surface area (TPSA) is 68.9 Å². The first-order chi connectivity index (χ1) is 10.4. The van der Waals surface area contributed by atoms with Crippen molar-refractivity contribution in [2.75, 3.05) is 12.3 Å². The highest BCUT2D eigenvalue weighted by atomic mass is 32.2. The van der Waals surface area contributed by atoms with Gasteiger partial charge in [-0.1, -0.05) is 29.5 Å². The Morgan fingerprint density at radius 3 is 3.00 bits per heavy atom. The van der Waals surface area contributed by atoms with Crippen molar-refractivity contribution in [3.63, 3.8) is 0 Å². The normalized spacial score (nSPS) is 28.1. The number of rotatable bonds is 1. The van der Waals surface area contributed by atoms with Crippen molar-refractivity contribution in [3.8, 4) is 11.9 Å². The third-order valence-electron chi connectivity index (χ3n) is 4.16. The Hall–Kier alpha value is -1.71. The lowest BCUT2D eigenvalue weighted by Crippen LogP contribution is -2.53. The molecule has 6 heteroatoms. The second-order valence-electron chi connectivity index (χ2n) is 6.17. The van der Waals surface area contributed by atoms with E-state index in [0.29, 0.717) is 5.17 Å². The maximum absolute atomic E-state index is 10.9. The predicted molar refractivity (Wildman–Crippen MR) is 86.8 cm³/mol. The summed E-state index contributed by atoms with van der Waals surface area (Å²) in [4.78, 5) is 5.95. The van der Waals surface area contributed by atoms with E-state index >= 15 is 0 Å². The third-order valence-corrected chi connectivity index (χ3v) is 5.13. The summed E-state index contributed by atoms with van der Waals surface area (Å²) < 4.78 is 5.98. The van der Waals surface area contributed by atoms with E-state index in [-0.39, 0.29) is 6.04 Å². The SMILES string of the molecule is Cc1ccc2c(c1)C(N1CCS/C1=N\C#N)C(O)C(C)(C)O2. The van der Waals surface area contributed by atoms with Gasteiger partial charge in [-0.25, -0.2) is 0 Å². The van der Waals surface area contributed by atoms with Crippen LogP contribution in [0.5, 0.6) is 5.75 Å². The monoisotopic (exact) mass is 317 g/mol. The van der Waals surface area contributed by atoms with Crippen LogP contribution in [0.2, 0.25) is 0 Å². The Morgan fingerprint density at radius 2 is 2.27 bits per heavy atom. The van der Waals surface area contributed by atoms with Crippen LogP contribution in [0.1, 0.15) is 31.0 Å². The molecule has 2 aliphatic rings. The number of hydrogen-bond donors (Lipinski definition) is 1. The van der Waals surface area contributed by atoms with E-state index in [0.717, 1.165) is 29.2 Å². The zero-order valence-electron chi connectivity index (χ0n) is 12.9. The lowest BCUT2D eigenvalue weighted by atomic mass is 9.85. The Balaban J connectivity index is 2.11. The van der Waals surface area contributed by atoms with E-state index in [2.05, 4.69) is 4.99 Å². The number of aliphatic hydroxyl groups is 1. The standard InChI is InChI=1S/C16H19N3O2S/c1-10-4-5-12-11(8-10)13(14(20)16(2,3)21-12)19-6-7-22-15(19)18-9-17/h4-5,8,13-14,20H,6-7H2,1-3H3/b18-15-. The molecule has 116 valence electrons. The molecule has 1 aromatic carbocycles. The number of ether oxygens (including phenoxy) is 1. The second kappa shape index (κ2) is 5.49. The van der Waals surface area contributed by atoms with Gasteiger partial charge in [0.25, 0.3) is 0 Å². The van der Waals surface area contributed by atoms with Crippen LogP contribution in [0.3, 0.4) is 0 Å². The number of hydrogen-bond acceptors (Lipinski definition) is 5. The quantitative estimate of drug-likeness (QED) is 0.806. The van der Waals surface area contributed by atoms with Crippen molar-refractivity contribution in [2.24, 2.45) is 4.99 Å². The van der Waals surface area contributed by atoms with E-state index in [1.165, 1.54) is 0 Å². The molecule has 2 unspecified atom stereocenters. The average Bonchev–Trinajstić information content (AvgIpc) is 2.89. The molecule has 1 fully saturated rings. The Bertz CT molecular complexity index is 666. The summed E-state index contributed by atoms with van der Waals surface area (Å²) in [6, 6.07) is 5.76. The van der Waals surface area contributed by atoms with Gasteiger partial charge in [0, 0.05) is 17.9 Å². The van der Waals surface area contributed by atoms with E-state index < -0.39 is 11.7 Å². The predicted octanol–water partition coefficient (Wildman–Crippen LogP) is 2.45. The molecule has 3 rings (SSSR count). The van der Waals surface area contributed by atoms with E-state index in [4.69, 9.17) is 10.00 Å². The molecule has 2 aliphatic heterocycles. The summed E-state index contributed by atoms with van der Waals surface area (Å²) in [5, 5.41) is 20.4. The van der Waals surface area contributed by atoms with Crippen LogP contribution >= 0.6 is 11.8 Å². The van der Waals surface area contributed by atoms with Gasteiger partial charge >= 0.3 is 0 Å². The van der Waals surface area contributed by atoms with Crippen LogP contribution in [0.15, 0.2) is 23.2 Å². The molecule has 2 atom stereocenters. The number of aryl methyl sites for hydroxylation is 1. The van der Waals surface area contributed by atoms with Crippen molar-refractivity contribution < 1.29 is 9.84 Å². The molecular weight excluding hydrogens is 298 g/mol. The molecule has 0 saturated carbocycles. The van der Waals surface area contributed by atoms with Crippen LogP contribution in [-0.2, 0) is 0 Å². The molecule has 1 saturated heterocycles. The number of aliphatic imine (C=N–C) groups is 1. The molecule has 22 heavy (non-hydrogen) atoms. The molecular formula is C16H19N3O2S. The first kappa shape index (κ1) is 15.2. The summed E-state index contributed by atoms with van der Waals surface area (Å²) in [6.07, 6.45) is 1.16. The van der Waals surface area contributed by atoms with E-state index in [1.54, 1.807) is 11.8 Å². The maximum atomic E-state index is 10.9. The minimum Gasteiger partial charge on any atom is -0.485 e. The lowest BCUT2D eigenvalue weighted by Gasteiger charge is -2.45. The number of amidine groups is 1. The highest BCUT2D eigenvalue weighted by Crippen LogP contribution is 2.45. The number of aliphatic hydroxyl groups excluding tert-OH is 1. The first-order valence-electron chi connectivity index (χ1n) is 7.28. The maximum Gasteiger partial charge on any atom is 0.208 e. The van der Waals surface area contributed by atoms with Gasteiger partial charge in [0.2, 0.25) is 6.19 Å². The van der Waals surface area contributed by atoms with Crippen molar-refractivity contribution in [1.82, 2.24) is 4.90 Å². The minimum absolute atomic E-state index is 0.249. The van der Waals surface area contributed by atoms with Gasteiger partial charge in [-0.15, -0.1) is 4.99 Å². The summed E-state index contributed by atoms with van der Waals surface area (Å²) >= 11 is 1.55. The highest BCUT2D eigenvalue weighted by molar-refractivity contribution is 8.14. The number of benzene rings is 1. The third kappa shape index (κ3) is 2.44. The molecule has 0 aromatic heterocycles. The summed E-state index contributed by atoms with van der Waals surface area (Å²) in [5.41, 5.74) is 1.38. The van der Waals surface area contributed by atoms with Crippen LogP contribution in [0.25, 0.3) is 0 Å². The van der Waals surface area contributed by atoms with Gasteiger partial charge in [-0.05, 0) is 26.8 Å². The number of nitriles is 1. The number of nitrogens with zero attached hydrogens (tertiary/aromatic N) is 3. The summed E-state index contributed by atoms with van der Waals surface area (Å²) in [5.74, 6) is 1.66. The number of fused-ring (bicyclic) bond motifs is 1. The Labute approximate surface area is 134 Å². The fourth-order valence-electron chi connectivity index (χ4n) is 3.04. The molecule has 0 radical (unpaired) electrons. The summed E-state index contributed by atoms with van der Waals surface area (Å²) in [7, 11) is 0. The van der Waals surface area contributed by atoms with Gasteiger partial charge in [0.15, 0.2) is 5.17 Å². The van der Waals surface area contributed by atoms with Crippen molar-refractivity contribution >= 4 is 16.9 Å². The first-order valence-corrected chi connectivity index (χ1v) is 8.26. The van der Waals surface area contributed by atoms with Crippen molar-refractivity contribution in [2.45, 2.75) is 38.5 Å². The van der Waals surface area contributed by atoms with Crippen LogP contribution in [0.4, 0.5) is 0 Å². The lowest BCUT2D eigenvalue weighted by molar-refractivity contribution is -0.0800. The van der Waals surface area contributed by atoms with Crippen LogP contribution in [-0.4, -0.2) is 39.2 Å². The molecule has 2 heterocycles. The zero-order chi connectivity index (χ0) is 15.9. The molecule has 0 amide bonds. The number of thioether (sulfide) groups is 1. The molecule has 1 aromatic rings. The van der Waals surface area contributed by atoms with Gasteiger partial charge in [0.05, 0.1) is 6.04 Å². The largest absolute Gasteiger partial charge is 0.485 e. The molecule has 5 nitrogen and oxygen atoms in total. The van der Waals surface area contributed by atoms with Crippen LogP contribution in [0, 0.1) is 18.4 Å². The fraction of sp³-hybridized carbons (Fsp3) is 0.500. The summed E-state index contributed by atoms with van der Waals surface area (Å²) in [6.45, 7) is 6.55. The van der Waals surface area contributed by atoms with Gasteiger partial charge < -0.3 is 14.7 Å². The zero-order valence-corrected chi connectivity index (χ0v) is 13.7. The average molecular weight is 317 g/mol. The second-order valence-corrected chi connectivity index (χ2v) is 7.23. The molecule has 0 bridgehead atoms. The molecule has 0 aliphatic carbocycles. The Kier molecular flexibility index (Phi) is 3.79. The van der Waals surface area contributed by atoms with Crippen LogP contribution < -0.4 is 4.74 Å². The van der Waals surface area contributed by atoms with E-state index in [9.17, 15) is 5.11 Å². The van der Waals surface area contributed by atoms with Gasteiger partial charge in [0.1, 0.15) is 17.5 Å².